The van der Waals surface area contributed by atoms with Gasteiger partial charge in [-0.05, 0) is 70.0 Å². The van der Waals surface area contributed by atoms with Gasteiger partial charge in [0, 0.05) is 19.1 Å². The smallest absolute Gasteiger partial charge is 0.191 e. The van der Waals surface area contributed by atoms with E-state index in [2.05, 4.69) is 40.5 Å². The summed E-state index contributed by atoms with van der Waals surface area (Å²) in [6.45, 7) is 8.77. The van der Waals surface area contributed by atoms with Crippen molar-refractivity contribution in [2.75, 3.05) is 38.5 Å². The number of nitriles is 1. The van der Waals surface area contributed by atoms with Gasteiger partial charge in [-0.25, -0.2) is 9.07 Å². The number of aryl methyl sites for hydroxylation is 1. The topological polar surface area (TPSA) is 107 Å². The van der Waals surface area contributed by atoms with Crippen LogP contribution in [0.2, 0.25) is 0 Å². The zero-order chi connectivity index (χ0) is 22.9. The van der Waals surface area contributed by atoms with Crippen LogP contribution in [0.1, 0.15) is 44.4 Å². The molecule has 0 bridgehead atoms. The largest absolute Gasteiger partial charge is 0.382 e. The van der Waals surface area contributed by atoms with E-state index < -0.39 is 0 Å². The lowest BCUT2D eigenvalue weighted by Gasteiger charge is -2.21. The number of benzene rings is 1. The van der Waals surface area contributed by atoms with Crippen LogP contribution in [-0.4, -0.2) is 59.4 Å². The lowest BCUT2D eigenvalue weighted by atomic mass is 10.1. The molecule has 1 atom stereocenters. The Kier molecular flexibility index (Phi) is 8.45. The van der Waals surface area contributed by atoms with Gasteiger partial charge in [0.25, 0.3) is 0 Å². The van der Waals surface area contributed by atoms with Gasteiger partial charge in [0.05, 0.1) is 17.9 Å². The second-order valence-corrected chi connectivity index (χ2v) is 7.88. The number of anilines is 1. The SMILES string of the molecule is CCNC(=NCC1CCCN1CC)NCCCc1nn(-c2ccc(F)cc2)c(N)c1C#N. The fourth-order valence-electron chi connectivity index (χ4n) is 4.07. The number of aliphatic imine (C=N–C) groups is 1. The van der Waals surface area contributed by atoms with Gasteiger partial charge in [0.2, 0.25) is 0 Å². The highest BCUT2D eigenvalue weighted by molar-refractivity contribution is 5.79. The minimum atomic E-state index is -0.334. The van der Waals surface area contributed by atoms with E-state index in [4.69, 9.17) is 10.7 Å². The molecule has 3 rings (SSSR count). The third-order valence-corrected chi connectivity index (χ3v) is 5.77. The number of halogens is 1. The molecular weight excluding hydrogens is 407 g/mol. The normalized spacial score (nSPS) is 16.8. The fraction of sp³-hybridized carbons (Fsp3) is 0.522. The van der Waals surface area contributed by atoms with E-state index in [1.165, 1.54) is 29.7 Å². The summed E-state index contributed by atoms with van der Waals surface area (Å²) in [7, 11) is 0. The molecule has 0 saturated carbocycles. The summed E-state index contributed by atoms with van der Waals surface area (Å²) in [4.78, 5) is 7.25. The Morgan fingerprint density at radius 3 is 2.78 bits per heavy atom. The Morgan fingerprint density at radius 2 is 2.09 bits per heavy atom. The molecule has 1 aromatic carbocycles. The van der Waals surface area contributed by atoms with Gasteiger partial charge in [-0.1, -0.05) is 6.92 Å². The molecule has 2 aromatic rings. The molecular formula is C23H33FN8. The molecule has 1 saturated heterocycles. The average Bonchev–Trinajstić information content (AvgIpc) is 3.38. The van der Waals surface area contributed by atoms with Crippen LogP contribution >= 0.6 is 0 Å². The summed E-state index contributed by atoms with van der Waals surface area (Å²) in [6, 6.07) is 8.55. The van der Waals surface area contributed by atoms with Crippen LogP contribution in [0, 0.1) is 17.1 Å². The monoisotopic (exact) mass is 440 g/mol. The first-order chi connectivity index (χ1) is 15.6. The highest BCUT2D eigenvalue weighted by Gasteiger charge is 2.22. The molecule has 0 radical (unpaired) electrons. The Hall–Kier alpha value is -3.12. The van der Waals surface area contributed by atoms with Crippen LogP contribution in [0.4, 0.5) is 10.2 Å². The molecule has 8 nitrogen and oxygen atoms in total. The van der Waals surface area contributed by atoms with E-state index >= 15 is 0 Å². The Morgan fingerprint density at radius 1 is 1.31 bits per heavy atom. The minimum Gasteiger partial charge on any atom is -0.382 e. The first-order valence-corrected chi connectivity index (χ1v) is 11.4. The van der Waals surface area contributed by atoms with E-state index in [0.717, 1.165) is 38.6 Å². The van der Waals surface area contributed by atoms with Crippen molar-refractivity contribution in [3.05, 3.63) is 41.3 Å². The minimum absolute atomic E-state index is 0.272. The van der Waals surface area contributed by atoms with Crippen LogP contribution in [-0.2, 0) is 6.42 Å². The zero-order valence-electron chi connectivity index (χ0n) is 18.9. The molecule has 1 aliphatic heterocycles. The Bertz CT molecular complexity index is 944. The number of rotatable bonds is 9. The summed E-state index contributed by atoms with van der Waals surface area (Å²) in [5.74, 6) is 0.751. The number of hydrogen-bond acceptors (Lipinski definition) is 5. The van der Waals surface area contributed by atoms with E-state index in [9.17, 15) is 9.65 Å². The van der Waals surface area contributed by atoms with Crippen LogP contribution < -0.4 is 16.4 Å². The van der Waals surface area contributed by atoms with Gasteiger partial charge in [-0.15, -0.1) is 0 Å². The van der Waals surface area contributed by atoms with Gasteiger partial charge >= 0.3 is 0 Å². The molecule has 0 spiro atoms. The molecule has 9 heteroatoms. The van der Waals surface area contributed by atoms with Crippen molar-refractivity contribution in [2.24, 2.45) is 4.99 Å². The van der Waals surface area contributed by atoms with Gasteiger partial charge in [0.15, 0.2) is 5.96 Å². The third-order valence-electron chi connectivity index (χ3n) is 5.77. The van der Waals surface area contributed by atoms with Gasteiger partial charge in [0.1, 0.15) is 23.3 Å². The van der Waals surface area contributed by atoms with E-state index in [0.29, 0.717) is 36.0 Å². The Labute approximate surface area is 189 Å². The molecule has 172 valence electrons. The average molecular weight is 441 g/mol. The van der Waals surface area contributed by atoms with Crippen molar-refractivity contribution in [2.45, 2.75) is 45.6 Å². The molecule has 4 N–H and O–H groups in total. The highest BCUT2D eigenvalue weighted by Crippen LogP contribution is 2.21. The van der Waals surface area contributed by atoms with Crippen molar-refractivity contribution in [3.8, 4) is 11.8 Å². The van der Waals surface area contributed by atoms with Crippen LogP contribution in [0.15, 0.2) is 29.3 Å². The standard InChI is InChI=1S/C23H33FN8/c1-3-27-23(29-16-19-7-6-14-31(19)4-2)28-13-5-8-21-20(15-25)22(26)32(30-21)18-11-9-17(24)10-12-18/h9-12,19H,3-8,13-14,16,26H2,1-2H3,(H2,27,28,29). The van der Waals surface area contributed by atoms with Gasteiger partial charge < -0.3 is 16.4 Å². The van der Waals surface area contributed by atoms with E-state index in [1.807, 2.05) is 0 Å². The molecule has 1 aliphatic rings. The number of nitrogens with two attached hydrogens (primary N) is 1. The van der Waals surface area contributed by atoms with Crippen molar-refractivity contribution in [1.29, 1.82) is 5.26 Å². The van der Waals surface area contributed by atoms with Crippen LogP contribution in [0.5, 0.6) is 0 Å². The number of guanidine groups is 1. The number of hydrogen-bond donors (Lipinski definition) is 3. The molecule has 0 amide bonds. The van der Waals surface area contributed by atoms with Crippen molar-refractivity contribution < 1.29 is 4.39 Å². The summed E-state index contributed by atoms with van der Waals surface area (Å²) < 4.78 is 14.7. The summed E-state index contributed by atoms with van der Waals surface area (Å²) in [6.07, 6.45) is 3.81. The predicted octanol–water partition coefficient (Wildman–Crippen LogP) is 2.44. The second kappa shape index (κ2) is 11.5. The predicted molar refractivity (Wildman–Crippen MR) is 125 cm³/mol. The molecule has 1 unspecified atom stereocenters. The first-order valence-electron chi connectivity index (χ1n) is 11.4. The summed E-state index contributed by atoms with van der Waals surface area (Å²) >= 11 is 0. The van der Waals surface area contributed by atoms with E-state index in [-0.39, 0.29) is 11.6 Å². The molecule has 0 aliphatic carbocycles. The Balaban J connectivity index is 1.58. The first kappa shape index (κ1) is 23.5. The third kappa shape index (κ3) is 5.77. The lowest BCUT2D eigenvalue weighted by molar-refractivity contribution is 0.273. The van der Waals surface area contributed by atoms with E-state index in [1.54, 1.807) is 12.1 Å². The maximum absolute atomic E-state index is 13.2. The quantitative estimate of drug-likeness (QED) is 0.314. The van der Waals surface area contributed by atoms with Crippen molar-refractivity contribution >= 4 is 11.8 Å². The molecule has 1 aromatic heterocycles. The van der Waals surface area contributed by atoms with Crippen molar-refractivity contribution in [1.82, 2.24) is 25.3 Å². The fourth-order valence-corrected chi connectivity index (χ4v) is 4.07. The number of nitrogens with one attached hydrogen (secondary N) is 2. The maximum Gasteiger partial charge on any atom is 0.191 e. The second-order valence-electron chi connectivity index (χ2n) is 7.88. The number of likely N-dealkylation sites (N-methyl/N-ethyl adjacent to an activating group) is 1. The number of nitrogens with zero attached hydrogens (tertiary/aromatic N) is 5. The number of nitrogen functional groups attached to an aromatic ring is 1. The summed E-state index contributed by atoms with van der Waals surface area (Å²) in [5.41, 5.74) is 7.77. The maximum atomic E-state index is 13.2. The number of likely N-dealkylation sites (tertiary alicyclic amines) is 1. The zero-order valence-corrected chi connectivity index (χ0v) is 18.9. The van der Waals surface area contributed by atoms with Gasteiger partial charge in [-0.2, -0.15) is 10.4 Å². The molecule has 2 heterocycles. The number of aromatic nitrogens is 2. The molecule has 1 fully saturated rings. The van der Waals surface area contributed by atoms with Crippen LogP contribution in [0.25, 0.3) is 5.69 Å². The van der Waals surface area contributed by atoms with Crippen LogP contribution in [0.3, 0.4) is 0 Å². The van der Waals surface area contributed by atoms with Crippen molar-refractivity contribution in [3.63, 3.8) is 0 Å². The summed E-state index contributed by atoms with van der Waals surface area (Å²) in [5, 5.41) is 20.7. The molecule has 32 heavy (non-hydrogen) atoms. The highest BCUT2D eigenvalue weighted by atomic mass is 19.1. The lowest BCUT2D eigenvalue weighted by Crippen LogP contribution is -2.39. The van der Waals surface area contributed by atoms with Gasteiger partial charge in [-0.3, -0.25) is 9.89 Å².